The van der Waals surface area contributed by atoms with Crippen LogP contribution in [0.4, 0.5) is 13.2 Å². The number of nitrogens with one attached hydrogen (secondary N) is 1. The van der Waals surface area contributed by atoms with Crippen LogP contribution in [0.2, 0.25) is 0 Å². The summed E-state index contributed by atoms with van der Waals surface area (Å²) >= 11 is 0. The highest BCUT2D eigenvalue weighted by molar-refractivity contribution is 5.96. The van der Waals surface area contributed by atoms with Crippen LogP contribution in [0.25, 0.3) is 10.9 Å². The van der Waals surface area contributed by atoms with Gasteiger partial charge in [0.2, 0.25) is 0 Å². The third kappa shape index (κ3) is 1.30. The Bertz CT molecular complexity index is 649. The van der Waals surface area contributed by atoms with Crippen LogP contribution in [0.5, 0.6) is 0 Å². The zero-order chi connectivity index (χ0) is 11.9. The molecular formula is C10H4F3NO2. The molecule has 0 saturated carbocycles. The molecule has 0 bridgehead atoms. The van der Waals surface area contributed by atoms with Crippen molar-refractivity contribution in [1.29, 1.82) is 0 Å². The van der Waals surface area contributed by atoms with Gasteiger partial charge in [-0.3, -0.25) is 9.59 Å². The van der Waals surface area contributed by atoms with Gasteiger partial charge < -0.3 is 4.98 Å². The predicted molar refractivity (Wildman–Crippen MR) is 49.8 cm³/mol. The fourth-order valence-electron chi connectivity index (χ4n) is 1.42. The Hall–Kier alpha value is -2.11. The summed E-state index contributed by atoms with van der Waals surface area (Å²) in [4.78, 5) is 23.4. The van der Waals surface area contributed by atoms with Crippen molar-refractivity contribution in [2.24, 2.45) is 0 Å². The number of fused-ring (bicyclic) bond motifs is 1. The first-order valence-electron chi connectivity index (χ1n) is 4.21. The average Bonchev–Trinajstić information content (AvgIpc) is 2.27. The predicted octanol–water partition coefficient (Wildman–Crippen LogP) is 1.76. The van der Waals surface area contributed by atoms with Gasteiger partial charge in [-0.1, -0.05) is 0 Å². The minimum atomic E-state index is -1.32. The molecule has 1 N–H and O–H groups in total. The first-order valence-corrected chi connectivity index (χ1v) is 4.21. The summed E-state index contributed by atoms with van der Waals surface area (Å²) in [5.41, 5.74) is -2.37. The number of hydrogen-bond donors (Lipinski definition) is 1. The number of carbonyl (C=O) groups is 1. The second-order valence-corrected chi connectivity index (χ2v) is 3.08. The van der Waals surface area contributed by atoms with E-state index < -0.39 is 34.1 Å². The molecule has 3 nitrogen and oxygen atoms in total. The second kappa shape index (κ2) is 3.48. The van der Waals surface area contributed by atoms with Gasteiger partial charge >= 0.3 is 0 Å². The first-order chi connectivity index (χ1) is 7.56. The van der Waals surface area contributed by atoms with Crippen molar-refractivity contribution in [3.63, 3.8) is 0 Å². The van der Waals surface area contributed by atoms with Gasteiger partial charge in [0, 0.05) is 5.39 Å². The maximum absolute atomic E-state index is 13.2. The van der Waals surface area contributed by atoms with Gasteiger partial charge in [-0.2, -0.15) is 0 Å². The molecule has 1 heterocycles. The molecular weight excluding hydrogens is 223 g/mol. The van der Waals surface area contributed by atoms with Crippen molar-refractivity contribution in [1.82, 2.24) is 4.98 Å². The van der Waals surface area contributed by atoms with E-state index in [4.69, 9.17) is 0 Å². The average molecular weight is 227 g/mol. The van der Waals surface area contributed by atoms with Crippen molar-refractivity contribution in [3.8, 4) is 0 Å². The van der Waals surface area contributed by atoms with E-state index in [1.807, 2.05) is 4.98 Å². The number of pyridine rings is 1. The zero-order valence-corrected chi connectivity index (χ0v) is 7.68. The maximum Gasteiger partial charge on any atom is 0.285 e. The van der Waals surface area contributed by atoms with Crippen LogP contribution < -0.4 is 5.56 Å². The zero-order valence-electron chi connectivity index (χ0n) is 7.68. The summed E-state index contributed by atoms with van der Waals surface area (Å²) in [6, 6.07) is 1.78. The molecule has 1 aromatic heterocycles. The van der Waals surface area contributed by atoms with E-state index in [2.05, 4.69) is 0 Å². The minimum Gasteiger partial charge on any atom is -0.317 e. The molecule has 0 aliphatic heterocycles. The van der Waals surface area contributed by atoms with Gasteiger partial charge in [-0.05, 0) is 12.1 Å². The summed E-state index contributed by atoms with van der Waals surface area (Å²) in [6.07, 6.45) is 0.0876. The quantitative estimate of drug-likeness (QED) is 0.754. The molecule has 6 heteroatoms. The van der Waals surface area contributed by atoms with Crippen LogP contribution in [0.1, 0.15) is 10.4 Å². The van der Waals surface area contributed by atoms with Crippen molar-refractivity contribution in [2.75, 3.05) is 0 Å². The number of aromatic nitrogens is 1. The third-order valence-electron chi connectivity index (χ3n) is 2.18. The lowest BCUT2D eigenvalue weighted by molar-refractivity contribution is 0.112. The van der Waals surface area contributed by atoms with Crippen molar-refractivity contribution >= 4 is 17.2 Å². The highest BCUT2D eigenvalue weighted by atomic mass is 19.2. The third-order valence-corrected chi connectivity index (χ3v) is 2.18. The second-order valence-electron chi connectivity index (χ2n) is 3.08. The molecule has 0 fully saturated rings. The molecule has 0 saturated heterocycles. The Labute approximate surface area is 86.5 Å². The lowest BCUT2D eigenvalue weighted by atomic mass is 10.1. The molecule has 1 aromatic carbocycles. The molecule has 16 heavy (non-hydrogen) atoms. The molecule has 2 rings (SSSR count). The number of benzene rings is 1. The topological polar surface area (TPSA) is 49.9 Å². The highest BCUT2D eigenvalue weighted by Crippen LogP contribution is 2.20. The number of halogens is 3. The van der Waals surface area contributed by atoms with Crippen LogP contribution in [0.15, 0.2) is 16.9 Å². The summed E-state index contributed by atoms with van der Waals surface area (Å²) in [6.45, 7) is 0. The van der Waals surface area contributed by atoms with Gasteiger partial charge in [0.1, 0.15) is 0 Å². The van der Waals surface area contributed by atoms with Gasteiger partial charge in [-0.15, -0.1) is 0 Å². The van der Waals surface area contributed by atoms with E-state index in [0.29, 0.717) is 0 Å². The highest BCUT2D eigenvalue weighted by Gasteiger charge is 2.16. The fraction of sp³-hybridized carbons (Fsp3) is 0. The standard InChI is InChI=1S/C10H4F3NO2/c11-6-2-1-4-5(3-15)7(12)10(16)14-9(4)8(6)13/h1-3H,(H,14,16). The van der Waals surface area contributed by atoms with Crippen molar-refractivity contribution in [2.45, 2.75) is 0 Å². The van der Waals surface area contributed by atoms with E-state index in [-0.39, 0.29) is 11.7 Å². The van der Waals surface area contributed by atoms with Crippen LogP contribution in [0, 0.1) is 17.5 Å². The lowest BCUT2D eigenvalue weighted by Crippen LogP contribution is -2.15. The SMILES string of the molecule is O=Cc1c(F)c(=O)[nH]c2c(F)c(F)ccc12. The molecule has 0 aliphatic rings. The Morgan fingerprint density at radius 2 is 1.81 bits per heavy atom. The van der Waals surface area contributed by atoms with E-state index in [1.54, 1.807) is 0 Å². The molecule has 82 valence electrons. The van der Waals surface area contributed by atoms with E-state index in [9.17, 15) is 22.8 Å². The van der Waals surface area contributed by atoms with Crippen molar-refractivity contribution in [3.05, 3.63) is 45.5 Å². The number of aldehydes is 1. The summed E-state index contributed by atoms with van der Waals surface area (Å²) in [5.74, 6) is -3.82. The van der Waals surface area contributed by atoms with Gasteiger partial charge in [0.05, 0.1) is 11.1 Å². The number of aromatic amines is 1. The molecule has 0 spiro atoms. The largest absolute Gasteiger partial charge is 0.317 e. The van der Waals surface area contributed by atoms with E-state index in [0.717, 1.165) is 12.1 Å². The summed E-state index contributed by atoms with van der Waals surface area (Å²) in [5, 5.41) is -0.175. The van der Waals surface area contributed by atoms with Gasteiger partial charge in [-0.25, -0.2) is 13.2 Å². The Kier molecular flexibility index (Phi) is 2.26. The van der Waals surface area contributed by atoms with Crippen LogP contribution >= 0.6 is 0 Å². The molecule has 0 aliphatic carbocycles. The Balaban J connectivity index is 3.08. The van der Waals surface area contributed by atoms with Crippen LogP contribution in [0.3, 0.4) is 0 Å². The summed E-state index contributed by atoms with van der Waals surface area (Å²) < 4.78 is 39.3. The monoisotopic (exact) mass is 227 g/mol. The number of rotatable bonds is 1. The number of carbonyl (C=O) groups excluding carboxylic acids is 1. The van der Waals surface area contributed by atoms with Crippen LogP contribution in [-0.2, 0) is 0 Å². The Morgan fingerprint density at radius 1 is 1.12 bits per heavy atom. The molecule has 0 unspecified atom stereocenters. The molecule has 0 radical (unpaired) electrons. The first kappa shape index (κ1) is 10.4. The molecule has 0 amide bonds. The molecule has 0 atom stereocenters. The van der Waals surface area contributed by atoms with Crippen LogP contribution in [-0.4, -0.2) is 11.3 Å². The van der Waals surface area contributed by atoms with Crippen molar-refractivity contribution < 1.29 is 18.0 Å². The fourth-order valence-corrected chi connectivity index (χ4v) is 1.42. The van der Waals surface area contributed by atoms with E-state index in [1.165, 1.54) is 0 Å². The number of H-pyrrole nitrogens is 1. The molecule has 2 aromatic rings. The van der Waals surface area contributed by atoms with E-state index >= 15 is 0 Å². The van der Waals surface area contributed by atoms with Gasteiger partial charge in [0.25, 0.3) is 5.56 Å². The maximum atomic E-state index is 13.2. The van der Waals surface area contributed by atoms with Gasteiger partial charge in [0.15, 0.2) is 23.7 Å². The Morgan fingerprint density at radius 3 is 2.44 bits per heavy atom. The smallest absolute Gasteiger partial charge is 0.285 e. The lowest BCUT2D eigenvalue weighted by Gasteiger charge is -2.03. The summed E-state index contributed by atoms with van der Waals surface area (Å²) in [7, 11) is 0. The normalized spacial score (nSPS) is 10.7. The minimum absolute atomic E-state index is 0.0876. The number of hydrogen-bond acceptors (Lipinski definition) is 2.